The molecule has 0 aliphatic heterocycles. The van der Waals surface area contributed by atoms with Gasteiger partial charge in [-0.15, -0.1) is 0 Å². The summed E-state index contributed by atoms with van der Waals surface area (Å²) in [6.45, 7) is 1.83. The summed E-state index contributed by atoms with van der Waals surface area (Å²) in [6.07, 6.45) is 3.68. The SMILES string of the molecule is CC(CCC(=O)O)NC(=O)CCc1cn(C)c2ccccc12. The first-order chi connectivity index (χ1) is 10.5. The lowest BCUT2D eigenvalue weighted by Gasteiger charge is -2.12. The molecule has 2 aromatic rings. The average Bonchev–Trinajstić information content (AvgIpc) is 2.80. The Kier molecular flexibility index (Phi) is 5.20. The van der Waals surface area contributed by atoms with Gasteiger partial charge in [-0.1, -0.05) is 18.2 Å². The Morgan fingerprint density at radius 2 is 2.00 bits per heavy atom. The van der Waals surface area contributed by atoms with Gasteiger partial charge in [-0.3, -0.25) is 9.59 Å². The van der Waals surface area contributed by atoms with Crippen LogP contribution in [0.2, 0.25) is 0 Å². The van der Waals surface area contributed by atoms with Crippen LogP contribution in [0.5, 0.6) is 0 Å². The van der Waals surface area contributed by atoms with Crippen LogP contribution in [-0.2, 0) is 23.1 Å². The maximum absolute atomic E-state index is 11.9. The number of aryl methyl sites for hydroxylation is 2. The van der Waals surface area contributed by atoms with Gasteiger partial charge in [0.1, 0.15) is 0 Å². The van der Waals surface area contributed by atoms with Crippen LogP contribution in [0.25, 0.3) is 10.9 Å². The van der Waals surface area contributed by atoms with E-state index in [2.05, 4.69) is 28.2 Å². The van der Waals surface area contributed by atoms with Crippen molar-refractivity contribution in [3.05, 3.63) is 36.0 Å². The molecule has 0 aliphatic carbocycles. The van der Waals surface area contributed by atoms with Gasteiger partial charge < -0.3 is 15.0 Å². The molecule has 5 heteroatoms. The fraction of sp³-hybridized carbons (Fsp3) is 0.412. The van der Waals surface area contributed by atoms with Crippen molar-refractivity contribution in [2.45, 2.75) is 38.6 Å². The van der Waals surface area contributed by atoms with Crippen molar-refractivity contribution in [2.75, 3.05) is 0 Å². The number of carboxylic acid groups (broad SMARTS) is 1. The second kappa shape index (κ2) is 7.11. The van der Waals surface area contributed by atoms with Crippen molar-refractivity contribution >= 4 is 22.8 Å². The number of carboxylic acids is 1. The van der Waals surface area contributed by atoms with E-state index in [9.17, 15) is 9.59 Å². The summed E-state index contributed by atoms with van der Waals surface area (Å²) in [5.74, 6) is -0.873. The van der Waals surface area contributed by atoms with Gasteiger partial charge in [0, 0.05) is 43.0 Å². The van der Waals surface area contributed by atoms with E-state index in [0.717, 1.165) is 11.1 Å². The number of benzene rings is 1. The molecule has 0 saturated heterocycles. The fourth-order valence-corrected chi connectivity index (χ4v) is 2.63. The number of nitrogens with one attached hydrogen (secondary N) is 1. The first kappa shape index (κ1) is 16.1. The smallest absolute Gasteiger partial charge is 0.303 e. The Bertz CT molecular complexity index is 676. The minimum absolute atomic E-state index is 0.0363. The first-order valence-corrected chi connectivity index (χ1v) is 7.51. The third-order valence-corrected chi connectivity index (χ3v) is 3.80. The highest BCUT2D eigenvalue weighted by Crippen LogP contribution is 2.21. The number of aromatic nitrogens is 1. The van der Waals surface area contributed by atoms with Crippen molar-refractivity contribution in [3.63, 3.8) is 0 Å². The van der Waals surface area contributed by atoms with Gasteiger partial charge in [-0.05, 0) is 31.4 Å². The monoisotopic (exact) mass is 302 g/mol. The van der Waals surface area contributed by atoms with Gasteiger partial charge in [0.25, 0.3) is 0 Å². The number of carbonyl (C=O) groups is 2. The van der Waals surface area contributed by atoms with Crippen LogP contribution in [-0.4, -0.2) is 27.6 Å². The second-order valence-corrected chi connectivity index (χ2v) is 5.68. The molecular weight excluding hydrogens is 280 g/mol. The van der Waals surface area contributed by atoms with Crippen molar-refractivity contribution in [3.8, 4) is 0 Å². The molecule has 0 bridgehead atoms. The standard InChI is InChI=1S/C17H22N2O3/c1-12(7-10-17(21)22)18-16(20)9-8-13-11-19(2)15-6-4-3-5-14(13)15/h3-6,11-12H,7-10H2,1-2H3,(H,18,20)(H,21,22). The number of nitrogens with zero attached hydrogens (tertiary/aromatic N) is 1. The van der Waals surface area contributed by atoms with Crippen LogP contribution in [0.3, 0.4) is 0 Å². The van der Waals surface area contributed by atoms with Crippen molar-refractivity contribution in [2.24, 2.45) is 7.05 Å². The lowest BCUT2D eigenvalue weighted by molar-refractivity contribution is -0.137. The average molecular weight is 302 g/mol. The minimum Gasteiger partial charge on any atom is -0.481 e. The molecule has 1 aromatic heterocycles. The van der Waals surface area contributed by atoms with Crippen molar-refractivity contribution in [1.82, 2.24) is 9.88 Å². The third-order valence-electron chi connectivity index (χ3n) is 3.80. The second-order valence-electron chi connectivity index (χ2n) is 5.68. The molecule has 5 nitrogen and oxygen atoms in total. The predicted molar refractivity (Wildman–Crippen MR) is 85.7 cm³/mol. The Morgan fingerprint density at radius 1 is 1.27 bits per heavy atom. The van der Waals surface area contributed by atoms with E-state index in [1.807, 2.05) is 26.1 Å². The van der Waals surface area contributed by atoms with Crippen LogP contribution in [0.4, 0.5) is 0 Å². The van der Waals surface area contributed by atoms with Crippen LogP contribution >= 0.6 is 0 Å². The zero-order valence-corrected chi connectivity index (χ0v) is 13.0. The quantitative estimate of drug-likeness (QED) is 0.825. The molecule has 1 amide bonds. The molecule has 0 aliphatic rings. The van der Waals surface area contributed by atoms with Gasteiger partial charge >= 0.3 is 5.97 Å². The summed E-state index contributed by atoms with van der Waals surface area (Å²) in [4.78, 5) is 22.5. The normalized spacial score (nSPS) is 12.3. The molecule has 1 heterocycles. The summed E-state index contributed by atoms with van der Waals surface area (Å²) < 4.78 is 2.07. The first-order valence-electron chi connectivity index (χ1n) is 7.51. The number of para-hydroxylation sites is 1. The van der Waals surface area contributed by atoms with Gasteiger partial charge in [-0.25, -0.2) is 0 Å². The molecule has 2 N–H and O–H groups in total. The molecule has 0 spiro atoms. The zero-order chi connectivity index (χ0) is 16.1. The summed E-state index contributed by atoms with van der Waals surface area (Å²) in [6, 6.07) is 8.02. The Labute approximate surface area is 129 Å². The number of carbonyl (C=O) groups excluding carboxylic acids is 1. The molecule has 0 radical (unpaired) electrons. The maximum Gasteiger partial charge on any atom is 0.303 e. The van der Waals surface area contributed by atoms with Gasteiger partial charge in [0.05, 0.1) is 0 Å². The highest BCUT2D eigenvalue weighted by atomic mass is 16.4. The molecule has 118 valence electrons. The Hall–Kier alpha value is -2.30. The van der Waals surface area contributed by atoms with E-state index in [0.29, 0.717) is 19.3 Å². The van der Waals surface area contributed by atoms with Gasteiger partial charge in [-0.2, -0.15) is 0 Å². The van der Waals surface area contributed by atoms with Crippen LogP contribution in [0.15, 0.2) is 30.5 Å². The number of hydrogen-bond acceptors (Lipinski definition) is 2. The Balaban J connectivity index is 1.89. The predicted octanol–water partition coefficient (Wildman–Crippen LogP) is 2.48. The molecule has 1 aromatic carbocycles. The summed E-state index contributed by atoms with van der Waals surface area (Å²) in [7, 11) is 2.00. The molecule has 1 unspecified atom stereocenters. The van der Waals surface area contributed by atoms with Crippen LogP contribution in [0, 0.1) is 0 Å². The Morgan fingerprint density at radius 3 is 2.73 bits per heavy atom. The van der Waals surface area contributed by atoms with Crippen molar-refractivity contribution in [1.29, 1.82) is 0 Å². The maximum atomic E-state index is 11.9. The largest absolute Gasteiger partial charge is 0.481 e. The van der Waals surface area contributed by atoms with E-state index >= 15 is 0 Å². The van der Waals surface area contributed by atoms with E-state index in [1.165, 1.54) is 5.39 Å². The molecule has 0 fully saturated rings. The molecule has 2 rings (SSSR count). The molecule has 0 saturated carbocycles. The summed E-state index contributed by atoms with van der Waals surface area (Å²) >= 11 is 0. The summed E-state index contributed by atoms with van der Waals surface area (Å²) in [5, 5.41) is 12.7. The highest BCUT2D eigenvalue weighted by molar-refractivity contribution is 5.85. The molecule has 22 heavy (non-hydrogen) atoms. The zero-order valence-electron chi connectivity index (χ0n) is 13.0. The molecular formula is C17H22N2O3. The van der Waals surface area contributed by atoms with Gasteiger partial charge in [0.15, 0.2) is 0 Å². The van der Waals surface area contributed by atoms with E-state index in [-0.39, 0.29) is 18.4 Å². The molecule has 1 atom stereocenters. The lowest BCUT2D eigenvalue weighted by Crippen LogP contribution is -2.33. The number of hydrogen-bond donors (Lipinski definition) is 2. The summed E-state index contributed by atoms with van der Waals surface area (Å²) in [5.41, 5.74) is 2.32. The van der Waals surface area contributed by atoms with Crippen LogP contribution < -0.4 is 5.32 Å². The minimum atomic E-state index is -0.836. The number of fused-ring (bicyclic) bond motifs is 1. The fourth-order valence-electron chi connectivity index (χ4n) is 2.63. The van der Waals surface area contributed by atoms with Gasteiger partial charge in [0.2, 0.25) is 5.91 Å². The van der Waals surface area contributed by atoms with Crippen molar-refractivity contribution < 1.29 is 14.7 Å². The van der Waals surface area contributed by atoms with E-state index in [4.69, 9.17) is 5.11 Å². The number of rotatable bonds is 7. The topological polar surface area (TPSA) is 71.3 Å². The van der Waals surface area contributed by atoms with E-state index in [1.54, 1.807) is 0 Å². The number of amides is 1. The number of aliphatic carboxylic acids is 1. The third kappa shape index (κ3) is 4.10. The lowest BCUT2D eigenvalue weighted by atomic mass is 10.1. The van der Waals surface area contributed by atoms with E-state index < -0.39 is 5.97 Å². The highest BCUT2D eigenvalue weighted by Gasteiger charge is 2.11. The van der Waals surface area contributed by atoms with Crippen LogP contribution in [0.1, 0.15) is 31.7 Å².